The SMILES string of the molecule is COc1ccc(CCC[N+](C)(CCCc2ccc(OC)cc2)C[C@H](C)N)cc1. The second-order valence-corrected chi connectivity index (χ2v) is 8.13. The van der Waals surface area contributed by atoms with E-state index in [1.165, 1.54) is 11.1 Å². The Labute approximate surface area is 170 Å². The van der Waals surface area contributed by atoms with Gasteiger partial charge in [0.1, 0.15) is 11.5 Å². The van der Waals surface area contributed by atoms with Crippen molar-refractivity contribution >= 4 is 0 Å². The number of hydrogen-bond donors (Lipinski definition) is 1. The van der Waals surface area contributed by atoms with Crippen LogP contribution in [0.3, 0.4) is 0 Å². The second kappa shape index (κ2) is 11.1. The topological polar surface area (TPSA) is 44.5 Å². The molecule has 2 rings (SSSR count). The number of rotatable bonds is 12. The summed E-state index contributed by atoms with van der Waals surface area (Å²) in [6, 6.07) is 17.0. The first-order valence-corrected chi connectivity index (χ1v) is 10.3. The van der Waals surface area contributed by atoms with Gasteiger partial charge in [-0.3, -0.25) is 0 Å². The monoisotopic (exact) mass is 385 g/mol. The van der Waals surface area contributed by atoms with Crippen LogP contribution >= 0.6 is 0 Å². The molecule has 0 radical (unpaired) electrons. The van der Waals surface area contributed by atoms with Gasteiger partial charge in [-0.05, 0) is 55.2 Å². The van der Waals surface area contributed by atoms with E-state index in [-0.39, 0.29) is 6.04 Å². The van der Waals surface area contributed by atoms with Crippen LogP contribution in [0, 0.1) is 0 Å². The van der Waals surface area contributed by atoms with Gasteiger partial charge >= 0.3 is 0 Å². The highest BCUT2D eigenvalue weighted by Crippen LogP contribution is 2.16. The normalized spacial score (nSPS) is 12.6. The summed E-state index contributed by atoms with van der Waals surface area (Å²) in [5.41, 5.74) is 8.90. The third-order valence-electron chi connectivity index (χ3n) is 5.37. The number of quaternary nitrogens is 1. The van der Waals surface area contributed by atoms with Crippen molar-refractivity contribution < 1.29 is 14.0 Å². The quantitative estimate of drug-likeness (QED) is 0.560. The summed E-state index contributed by atoms with van der Waals surface area (Å²) in [5, 5.41) is 0. The maximum Gasteiger partial charge on any atom is 0.118 e. The maximum atomic E-state index is 6.16. The zero-order valence-electron chi connectivity index (χ0n) is 18.0. The van der Waals surface area contributed by atoms with Crippen molar-refractivity contribution in [2.24, 2.45) is 5.73 Å². The van der Waals surface area contributed by atoms with Crippen LogP contribution in [0.15, 0.2) is 48.5 Å². The van der Waals surface area contributed by atoms with Crippen LogP contribution in [0.5, 0.6) is 11.5 Å². The van der Waals surface area contributed by atoms with Gasteiger partial charge in [0.25, 0.3) is 0 Å². The first kappa shape index (κ1) is 22.3. The van der Waals surface area contributed by atoms with E-state index in [9.17, 15) is 0 Å². The number of nitrogens with zero attached hydrogens (tertiary/aromatic N) is 1. The van der Waals surface area contributed by atoms with Gasteiger partial charge < -0.3 is 19.7 Å². The van der Waals surface area contributed by atoms with Crippen molar-refractivity contribution in [1.29, 1.82) is 0 Å². The summed E-state index contributed by atoms with van der Waals surface area (Å²) in [6.07, 6.45) is 4.51. The van der Waals surface area contributed by atoms with Gasteiger partial charge in [0.05, 0.1) is 46.9 Å². The standard InChI is InChI=1S/C24H37N2O2/c1-20(25)19-26(2,17-5-7-21-9-13-23(27-3)14-10-21)18-6-8-22-11-15-24(28-4)16-12-22/h9-16,20H,5-8,17-19,25H2,1-4H3/q+1/t20-/m0/s1. The summed E-state index contributed by atoms with van der Waals surface area (Å²) in [6.45, 7) is 5.43. The van der Waals surface area contributed by atoms with Gasteiger partial charge in [-0.15, -0.1) is 0 Å². The number of likely N-dealkylation sites (N-methyl/N-ethyl adjacent to an activating group) is 1. The molecule has 0 aromatic heterocycles. The smallest absolute Gasteiger partial charge is 0.118 e. The minimum Gasteiger partial charge on any atom is -0.497 e. The predicted molar refractivity (Wildman–Crippen MR) is 117 cm³/mol. The summed E-state index contributed by atoms with van der Waals surface area (Å²) in [5.74, 6) is 1.83. The molecule has 4 nitrogen and oxygen atoms in total. The molecule has 0 aliphatic carbocycles. The van der Waals surface area contributed by atoms with Crippen molar-refractivity contribution in [1.82, 2.24) is 0 Å². The molecule has 28 heavy (non-hydrogen) atoms. The van der Waals surface area contributed by atoms with Gasteiger partial charge in [0.2, 0.25) is 0 Å². The molecule has 0 saturated carbocycles. The zero-order valence-corrected chi connectivity index (χ0v) is 18.0. The number of hydrogen-bond acceptors (Lipinski definition) is 3. The molecular formula is C24H37N2O2+. The summed E-state index contributed by atoms with van der Waals surface area (Å²) < 4.78 is 11.5. The van der Waals surface area contributed by atoms with E-state index < -0.39 is 0 Å². The van der Waals surface area contributed by atoms with Crippen LogP contribution < -0.4 is 15.2 Å². The Morgan fingerprint density at radius 3 is 1.50 bits per heavy atom. The lowest BCUT2D eigenvalue weighted by Gasteiger charge is -2.36. The summed E-state index contributed by atoms with van der Waals surface area (Å²) in [4.78, 5) is 0. The van der Waals surface area contributed by atoms with Crippen LogP contribution in [-0.2, 0) is 12.8 Å². The molecule has 0 unspecified atom stereocenters. The van der Waals surface area contributed by atoms with Crippen molar-refractivity contribution in [3.05, 3.63) is 59.7 Å². The zero-order chi connectivity index (χ0) is 20.4. The number of aryl methyl sites for hydroxylation is 2. The van der Waals surface area contributed by atoms with Crippen LogP contribution in [0.25, 0.3) is 0 Å². The summed E-state index contributed by atoms with van der Waals surface area (Å²) in [7, 11) is 5.76. The van der Waals surface area contributed by atoms with Crippen LogP contribution in [0.1, 0.15) is 30.9 Å². The molecule has 2 aromatic rings. The van der Waals surface area contributed by atoms with Crippen molar-refractivity contribution in [3.63, 3.8) is 0 Å². The number of methoxy groups -OCH3 is 2. The molecule has 4 heteroatoms. The molecule has 0 saturated heterocycles. The largest absolute Gasteiger partial charge is 0.497 e. The Morgan fingerprint density at radius 2 is 1.18 bits per heavy atom. The fourth-order valence-corrected chi connectivity index (χ4v) is 3.90. The Bertz CT molecular complexity index is 627. The molecule has 0 aliphatic rings. The van der Waals surface area contributed by atoms with Gasteiger partial charge in [-0.1, -0.05) is 24.3 Å². The first-order valence-electron chi connectivity index (χ1n) is 10.3. The lowest BCUT2D eigenvalue weighted by Crippen LogP contribution is -2.51. The third-order valence-corrected chi connectivity index (χ3v) is 5.37. The molecule has 0 spiro atoms. The van der Waals surface area contributed by atoms with Crippen molar-refractivity contribution in [3.8, 4) is 11.5 Å². The van der Waals surface area contributed by atoms with Gasteiger partial charge in [-0.2, -0.15) is 0 Å². The fourth-order valence-electron chi connectivity index (χ4n) is 3.90. The lowest BCUT2D eigenvalue weighted by atomic mass is 10.1. The molecule has 0 aliphatic heterocycles. The molecule has 2 aromatic carbocycles. The van der Waals surface area contributed by atoms with E-state index in [0.717, 1.165) is 61.3 Å². The van der Waals surface area contributed by atoms with Gasteiger partial charge in [-0.25, -0.2) is 0 Å². The molecular weight excluding hydrogens is 348 g/mol. The van der Waals surface area contributed by atoms with E-state index in [2.05, 4.69) is 38.2 Å². The predicted octanol–water partition coefficient (Wildman–Crippen LogP) is 4.06. The highest BCUT2D eigenvalue weighted by Gasteiger charge is 2.22. The highest BCUT2D eigenvalue weighted by atomic mass is 16.5. The molecule has 154 valence electrons. The molecule has 2 N–H and O–H groups in total. The Kier molecular flexibility index (Phi) is 8.81. The summed E-state index contributed by atoms with van der Waals surface area (Å²) >= 11 is 0. The van der Waals surface area contributed by atoms with E-state index >= 15 is 0 Å². The number of ether oxygens (including phenoxy) is 2. The van der Waals surface area contributed by atoms with Gasteiger partial charge in [0.15, 0.2) is 0 Å². The van der Waals surface area contributed by atoms with E-state index in [1.54, 1.807) is 14.2 Å². The molecule has 0 amide bonds. The molecule has 1 atom stereocenters. The first-order chi connectivity index (χ1) is 13.4. The maximum absolute atomic E-state index is 6.16. The highest BCUT2D eigenvalue weighted by molar-refractivity contribution is 5.27. The van der Waals surface area contributed by atoms with Crippen LogP contribution in [0.4, 0.5) is 0 Å². The average molecular weight is 386 g/mol. The molecule has 0 fully saturated rings. The third kappa shape index (κ3) is 7.53. The average Bonchev–Trinajstić information content (AvgIpc) is 2.68. The molecule has 0 bridgehead atoms. The Morgan fingerprint density at radius 1 is 0.786 bits per heavy atom. The van der Waals surface area contributed by atoms with E-state index in [0.29, 0.717) is 0 Å². The Hall–Kier alpha value is -2.04. The fraction of sp³-hybridized carbons (Fsp3) is 0.500. The van der Waals surface area contributed by atoms with Crippen molar-refractivity contribution in [2.75, 3.05) is 40.9 Å². The Balaban J connectivity index is 1.84. The van der Waals surface area contributed by atoms with Crippen LogP contribution in [-0.4, -0.2) is 51.4 Å². The minimum absolute atomic E-state index is 0.215. The van der Waals surface area contributed by atoms with Crippen LogP contribution in [0.2, 0.25) is 0 Å². The number of benzene rings is 2. The van der Waals surface area contributed by atoms with E-state index in [1.807, 2.05) is 24.3 Å². The van der Waals surface area contributed by atoms with Crippen molar-refractivity contribution in [2.45, 2.75) is 38.6 Å². The number of nitrogens with two attached hydrogens (primary N) is 1. The molecule has 0 heterocycles. The van der Waals surface area contributed by atoms with E-state index in [4.69, 9.17) is 15.2 Å². The minimum atomic E-state index is 0.215. The lowest BCUT2D eigenvalue weighted by molar-refractivity contribution is -0.910. The van der Waals surface area contributed by atoms with Gasteiger partial charge in [0, 0.05) is 12.8 Å². The second-order valence-electron chi connectivity index (χ2n) is 8.13.